The summed E-state index contributed by atoms with van der Waals surface area (Å²) in [5, 5.41) is 11.9. The number of aromatic nitrogens is 4. The second kappa shape index (κ2) is 6.09. The first-order chi connectivity index (χ1) is 9.49. The van der Waals surface area contributed by atoms with E-state index >= 15 is 0 Å². The van der Waals surface area contributed by atoms with Crippen LogP contribution in [0, 0.1) is 13.8 Å². The molecule has 0 saturated heterocycles. The molecule has 0 spiro atoms. The maximum atomic E-state index is 11.9. The molecule has 0 aliphatic rings. The van der Waals surface area contributed by atoms with Crippen molar-refractivity contribution in [2.45, 2.75) is 26.8 Å². The van der Waals surface area contributed by atoms with E-state index in [1.165, 1.54) is 0 Å². The number of amides is 1. The van der Waals surface area contributed by atoms with Gasteiger partial charge in [0.05, 0.1) is 22.5 Å². The fraction of sp³-hybridized carbons (Fsp3) is 0.462. The van der Waals surface area contributed by atoms with Crippen molar-refractivity contribution in [3.63, 3.8) is 0 Å². The van der Waals surface area contributed by atoms with Gasteiger partial charge in [-0.25, -0.2) is 0 Å². The standard InChI is InChI=1S/C13H18ClN5O/c1-9-12(14)8-19(17-9)6-4-5-15-13(20)11-7-16-18(3)10(11)2/h7-8H,4-6H2,1-3H3,(H,15,20). The molecule has 2 heterocycles. The van der Waals surface area contributed by atoms with Gasteiger partial charge in [0.2, 0.25) is 0 Å². The number of aryl methyl sites for hydroxylation is 3. The molecule has 6 nitrogen and oxygen atoms in total. The zero-order valence-electron chi connectivity index (χ0n) is 11.9. The molecule has 0 atom stereocenters. The van der Waals surface area contributed by atoms with E-state index in [-0.39, 0.29) is 5.91 Å². The van der Waals surface area contributed by atoms with E-state index in [0.29, 0.717) is 17.1 Å². The molecule has 1 amide bonds. The van der Waals surface area contributed by atoms with Crippen LogP contribution in [0.25, 0.3) is 0 Å². The highest BCUT2D eigenvalue weighted by atomic mass is 35.5. The number of carbonyl (C=O) groups excluding carboxylic acids is 1. The first-order valence-electron chi connectivity index (χ1n) is 6.45. The molecule has 0 aliphatic carbocycles. The topological polar surface area (TPSA) is 64.7 Å². The molecule has 0 unspecified atom stereocenters. The third-order valence-corrected chi connectivity index (χ3v) is 3.59. The summed E-state index contributed by atoms with van der Waals surface area (Å²) in [7, 11) is 1.82. The van der Waals surface area contributed by atoms with Gasteiger partial charge in [-0.2, -0.15) is 10.2 Å². The molecule has 0 fully saturated rings. The van der Waals surface area contributed by atoms with Crippen LogP contribution in [0.4, 0.5) is 0 Å². The zero-order valence-corrected chi connectivity index (χ0v) is 12.6. The SMILES string of the molecule is Cc1nn(CCCNC(=O)c2cnn(C)c2C)cc1Cl. The van der Waals surface area contributed by atoms with Crippen LogP contribution in [0.15, 0.2) is 12.4 Å². The summed E-state index contributed by atoms with van der Waals surface area (Å²) in [6.45, 7) is 5.05. The number of carbonyl (C=O) groups is 1. The summed E-state index contributed by atoms with van der Waals surface area (Å²) in [6.07, 6.45) is 4.17. The summed E-state index contributed by atoms with van der Waals surface area (Å²) in [5.74, 6) is -0.0923. The van der Waals surface area contributed by atoms with Gasteiger partial charge >= 0.3 is 0 Å². The van der Waals surface area contributed by atoms with Crippen LogP contribution in [0.5, 0.6) is 0 Å². The summed E-state index contributed by atoms with van der Waals surface area (Å²) < 4.78 is 3.47. The van der Waals surface area contributed by atoms with Crippen LogP contribution in [0.3, 0.4) is 0 Å². The fourth-order valence-electron chi connectivity index (χ4n) is 1.87. The Morgan fingerprint density at radius 2 is 2.20 bits per heavy atom. The van der Waals surface area contributed by atoms with Crippen LogP contribution in [-0.2, 0) is 13.6 Å². The summed E-state index contributed by atoms with van der Waals surface area (Å²) in [4.78, 5) is 11.9. The molecule has 7 heteroatoms. The van der Waals surface area contributed by atoms with E-state index < -0.39 is 0 Å². The third-order valence-electron chi connectivity index (χ3n) is 3.22. The molecule has 0 bridgehead atoms. The van der Waals surface area contributed by atoms with Gasteiger partial charge in [0, 0.05) is 32.0 Å². The van der Waals surface area contributed by atoms with Gasteiger partial charge < -0.3 is 5.32 Å². The zero-order chi connectivity index (χ0) is 14.7. The molecule has 20 heavy (non-hydrogen) atoms. The fourth-order valence-corrected chi connectivity index (χ4v) is 2.02. The predicted molar refractivity (Wildman–Crippen MR) is 76.9 cm³/mol. The molecular formula is C13H18ClN5O. The first kappa shape index (κ1) is 14.6. The van der Waals surface area contributed by atoms with Gasteiger partial charge in [0.25, 0.3) is 5.91 Å². The smallest absolute Gasteiger partial charge is 0.254 e. The van der Waals surface area contributed by atoms with Crippen molar-refractivity contribution >= 4 is 17.5 Å². The highest BCUT2D eigenvalue weighted by Gasteiger charge is 2.11. The van der Waals surface area contributed by atoms with Crippen molar-refractivity contribution in [3.8, 4) is 0 Å². The average molecular weight is 296 g/mol. The van der Waals surface area contributed by atoms with Gasteiger partial charge in [-0.05, 0) is 20.3 Å². The Balaban J connectivity index is 1.78. The van der Waals surface area contributed by atoms with Crippen molar-refractivity contribution in [3.05, 3.63) is 34.4 Å². The Morgan fingerprint density at radius 3 is 2.75 bits per heavy atom. The summed E-state index contributed by atoms with van der Waals surface area (Å²) in [5.41, 5.74) is 2.30. The highest BCUT2D eigenvalue weighted by Crippen LogP contribution is 2.12. The minimum atomic E-state index is -0.0923. The second-order valence-corrected chi connectivity index (χ2v) is 5.11. The monoisotopic (exact) mass is 295 g/mol. The van der Waals surface area contributed by atoms with E-state index in [9.17, 15) is 4.79 Å². The average Bonchev–Trinajstić information content (AvgIpc) is 2.90. The van der Waals surface area contributed by atoms with Gasteiger partial charge in [0.15, 0.2) is 0 Å². The molecule has 2 aromatic rings. The molecule has 1 N–H and O–H groups in total. The maximum Gasteiger partial charge on any atom is 0.254 e. The molecule has 0 saturated carbocycles. The van der Waals surface area contributed by atoms with E-state index in [4.69, 9.17) is 11.6 Å². The van der Waals surface area contributed by atoms with E-state index in [2.05, 4.69) is 15.5 Å². The molecule has 2 rings (SSSR count). The highest BCUT2D eigenvalue weighted by molar-refractivity contribution is 6.31. The lowest BCUT2D eigenvalue weighted by atomic mass is 10.2. The quantitative estimate of drug-likeness (QED) is 0.854. The van der Waals surface area contributed by atoms with Crippen LogP contribution >= 0.6 is 11.6 Å². The second-order valence-electron chi connectivity index (χ2n) is 4.70. The Hall–Kier alpha value is -1.82. The van der Waals surface area contributed by atoms with Gasteiger partial charge in [-0.3, -0.25) is 14.2 Å². The Kier molecular flexibility index (Phi) is 4.44. The van der Waals surface area contributed by atoms with Gasteiger partial charge in [-0.15, -0.1) is 0 Å². The number of nitrogens with zero attached hydrogens (tertiary/aromatic N) is 4. The molecular weight excluding hydrogens is 278 g/mol. The van der Waals surface area contributed by atoms with E-state index in [1.807, 2.05) is 20.9 Å². The molecule has 0 aliphatic heterocycles. The number of rotatable bonds is 5. The van der Waals surface area contributed by atoms with Crippen molar-refractivity contribution in [2.24, 2.45) is 7.05 Å². The van der Waals surface area contributed by atoms with Crippen molar-refractivity contribution < 1.29 is 4.79 Å². The molecule has 2 aromatic heterocycles. The first-order valence-corrected chi connectivity index (χ1v) is 6.83. The number of halogens is 1. The Morgan fingerprint density at radius 1 is 1.45 bits per heavy atom. The lowest BCUT2D eigenvalue weighted by molar-refractivity contribution is 0.0952. The van der Waals surface area contributed by atoms with Gasteiger partial charge in [0.1, 0.15) is 0 Å². The Bertz CT molecular complexity index is 597. The minimum Gasteiger partial charge on any atom is -0.352 e. The minimum absolute atomic E-state index is 0.0923. The largest absolute Gasteiger partial charge is 0.352 e. The lowest BCUT2D eigenvalue weighted by Crippen LogP contribution is -2.25. The van der Waals surface area contributed by atoms with Crippen LogP contribution in [0.1, 0.15) is 28.2 Å². The number of nitrogens with one attached hydrogen (secondary N) is 1. The number of hydrogen-bond acceptors (Lipinski definition) is 3. The van der Waals surface area contributed by atoms with Crippen molar-refractivity contribution in [2.75, 3.05) is 6.54 Å². The summed E-state index contributed by atoms with van der Waals surface area (Å²) >= 11 is 5.93. The van der Waals surface area contributed by atoms with Crippen LogP contribution < -0.4 is 5.32 Å². The molecule has 0 radical (unpaired) electrons. The van der Waals surface area contributed by atoms with Crippen LogP contribution in [-0.4, -0.2) is 32.0 Å². The predicted octanol–water partition coefficient (Wildman–Crippen LogP) is 1.71. The normalized spacial score (nSPS) is 10.8. The van der Waals surface area contributed by atoms with E-state index in [1.54, 1.807) is 21.8 Å². The Labute approximate surface area is 122 Å². The van der Waals surface area contributed by atoms with Crippen LogP contribution in [0.2, 0.25) is 5.02 Å². The maximum absolute atomic E-state index is 11.9. The summed E-state index contributed by atoms with van der Waals surface area (Å²) in [6, 6.07) is 0. The third kappa shape index (κ3) is 3.19. The van der Waals surface area contributed by atoms with Gasteiger partial charge in [-0.1, -0.05) is 11.6 Å². The molecule has 108 valence electrons. The number of hydrogen-bond donors (Lipinski definition) is 1. The van der Waals surface area contributed by atoms with Crippen molar-refractivity contribution in [1.82, 2.24) is 24.9 Å². The van der Waals surface area contributed by atoms with E-state index in [0.717, 1.165) is 24.4 Å². The molecule has 0 aromatic carbocycles. The lowest BCUT2D eigenvalue weighted by Gasteiger charge is -2.05. The van der Waals surface area contributed by atoms with Crippen molar-refractivity contribution in [1.29, 1.82) is 0 Å².